The molecule has 0 heterocycles. The Hall–Kier alpha value is 1.85. The van der Waals surface area contributed by atoms with E-state index >= 15 is 0 Å². The van der Waals surface area contributed by atoms with Crippen molar-refractivity contribution in [1.82, 2.24) is 0 Å². The van der Waals surface area contributed by atoms with Gasteiger partial charge >= 0.3 is 56.4 Å². The third-order valence-corrected chi connectivity index (χ3v) is 0. The molecule has 0 unspecified atom stereocenters. The van der Waals surface area contributed by atoms with Crippen molar-refractivity contribution in [2.45, 2.75) is 0 Å². The Morgan fingerprint density at radius 2 is 1.30 bits per heavy atom. The van der Waals surface area contributed by atoms with Crippen molar-refractivity contribution in [1.29, 1.82) is 0 Å². The van der Waals surface area contributed by atoms with Crippen molar-refractivity contribution in [2.75, 3.05) is 12.5 Å². The van der Waals surface area contributed by atoms with Gasteiger partial charge in [0.05, 0.1) is 0 Å². The molecule has 0 spiro atoms. The molecule has 0 radical (unpaired) electrons. The molecule has 0 saturated heterocycles. The first kappa shape index (κ1) is 22.6. The van der Waals surface area contributed by atoms with E-state index in [0.717, 1.165) is 0 Å². The van der Waals surface area contributed by atoms with Crippen LogP contribution in [-0.4, -0.2) is 16.7 Å². The van der Waals surface area contributed by atoms with E-state index in [-0.39, 0.29) is 21.1 Å². The van der Waals surface area contributed by atoms with E-state index < -0.39 is 27.3 Å². The van der Waals surface area contributed by atoms with Gasteiger partial charge in [0.2, 0.25) is 0 Å². The van der Waals surface area contributed by atoms with Crippen LogP contribution in [0.15, 0.2) is 13.2 Å². The zero-order chi connectivity index (χ0) is 8.28. The minimum Gasteiger partial charge on any atom is 2.00 e. The Kier molecular flexibility index (Phi) is 69.6. The van der Waals surface area contributed by atoms with Crippen molar-refractivity contribution >= 4 is 29.6 Å². The summed E-state index contributed by atoms with van der Waals surface area (Å²) in [5.74, 6) is 0. The van der Waals surface area contributed by atoms with Crippen LogP contribution in [-0.2, 0) is 48.3 Å². The van der Waals surface area contributed by atoms with Crippen molar-refractivity contribution < 1.29 is 41.8 Å². The number of hydrogen-bond donors (Lipinski definition) is 0. The predicted octanol–water partition coefficient (Wildman–Crippen LogP) is 2.17. The van der Waals surface area contributed by atoms with Gasteiger partial charge in [0.15, 0.2) is 0 Å². The summed E-state index contributed by atoms with van der Waals surface area (Å²) in [4.78, 5) is 0. The molecule has 0 aromatic heterocycles. The maximum absolute atomic E-state index is 9.56. The second-order valence-electron chi connectivity index (χ2n) is 0.787. The van der Waals surface area contributed by atoms with Crippen LogP contribution in [0.5, 0.6) is 0 Å². The molecule has 1 nitrogen and oxygen atoms in total. The first-order valence-electron chi connectivity index (χ1n) is 1.72. The molecule has 6 heteroatoms. The van der Waals surface area contributed by atoms with Crippen molar-refractivity contribution in [3.8, 4) is 0 Å². The zero-order valence-corrected chi connectivity index (χ0v) is 12.5. The standard InChI is InChI=1S/C2H6OS.C2H4.2ClH.2Pt/c1-4(2)3;1-2;;;;/h1-2H3;1-2H2;2*1H;;/q;;;;2*+2/p-2. The van der Waals surface area contributed by atoms with Crippen molar-refractivity contribution in [3.63, 3.8) is 0 Å². The number of rotatable bonds is 0. The summed E-state index contributed by atoms with van der Waals surface area (Å²) in [6, 6.07) is 0. The van der Waals surface area contributed by atoms with E-state index in [1.165, 1.54) is 0 Å². The van der Waals surface area contributed by atoms with E-state index in [2.05, 4.69) is 13.2 Å². The van der Waals surface area contributed by atoms with Gasteiger partial charge in [0, 0.05) is 23.3 Å². The molecule has 0 rings (SSSR count). The Bertz CT molecular complexity index is 61.2. The van der Waals surface area contributed by atoms with Crippen LogP contribution < -0.4 is 0 Å². The molecule has 0 aliphatic heterocycles. The van der Waals surface area contributed by atoms with Crippen LogP contribution in [0.1, 0.15) is 0 Å². The van der Waals surface area contributed by atoms with E-state index in [1.807, 2.05) is 0 Å². The molecule has 0 amide bonds. The molecule has 0 atom stereocenters. The molecule has 0 bridgehead atoms. The summed E-state index contributed by atoms with van der Waals surface area (Å²) < 4.78 is 9.56. The van der Waals surface area contributed by atoms with E-state index in [1.54, 1.807) is 12.5 Å². The topological polar surface area (TPSA) is 17.1 Å². The van der Waals surface area contributed by atoms with Gasteiger partial charge in [-0.3, -0.25) is 4.21 Å². The minimum absolute atomic E-state index is 0. The fraction of sp³-hybridized carbons (Fsp3) is 0.500. The number of halogens is 2. The summed E-state index contributed by atoms with van der Waals surface area (Å²) in [7, 11) is 9.14. The molecule has 0 saturated carbocycles. The fourth-order valence-electron chi connectivity index (χ4n) is 0. The second kappa shape index (κ2) is 30.8. The quantitative estimate of drug-likeness (QED) is 0.411. The van der Waals surface area contributed by atoms with Gasteiger partial charge in [-0.15, -0.1) is 13.2 Å². The molecular formula is C4H10Cl2OPt2S+2. The largest absolute Gasteiger partial charge is 2.00 e. The van der Waals surface area contributed by atoms with Gasteiger partial charge in [-0.1, -0.05) is 0 Å². The molecule has 0 fully saturated rings. The predicted molar refractivity (Wildman–Crippen MR) is 43.0 cm³/mol. The molecule has 0 aliphatic rings. The van der Waals surface area contributed by atoms with Crippen LogP contribution in [0, 0.1) is 0 Å². The van der Waals surface area contributed by atoms with Crippen LogP contribution >= 0.6 is 18.8 Å². The Morgan fingerprint density at radius 1 is 1.30 bits per heavy atom. The smallest absolute Gasteiger partial charge is 2.00 e. The molecule has 0 aromatic rings. The van der Waals surface area contributed by atoms with Crippen LogP contribution in [0.4, 0.5) is 0 Å². The van der Waals surface area contributed by atoms with Gasteiger partial charge in [-0.05, 0) is 0 Å². The van der Waals surface area contributed by atoms with E-state index in [9.17, 15) is 4.21 Å². The molecular weight excluding hydrogens is 557 g/mol. The van der Waals surface area contributed by atoms with Crippen molar-refractivity contribution in [3.05, 3.63) is 13.2 Å². The average molecular weight is 567 g/mol. The maximum Gasteiger partial charge on any atom is 2.00 e. The third kappa shape index (κ3) is 226. The monoisotopic (exact) mass is 566 g/mol. The van der Waals surface area contributed by atoms with E-state index in [4.69, 9.17) is 18.8 Å². The summed E-state index contributed by atoms with van der Waals surface area (Å²) in [5.41, 5.74) is 0. The van der Waals surface area contributed by atoms with Gasteiger partial charge in [0.1, 0.15) is 0 Å². The maximum atomic E-state index is 9.56. The minimum atomic E-state index is -0.611. The Balaban J connectivity index is -0.0000000273. The van der Waals surface area contributed by atoms with Gasteiger partial charge in [0.25, 0.3) is 0 Å². The first-order valence-corrected chi connectivity index (χ1v) is 9.32. The normalized spacial score (nSPS) is 6.10. The summed E-state index contributed by atoms with van der Waals surface area (Å²) in [6.07, 6.45) is 3.28. The van der Waals surface area contributed by atoms with Gasteiger partial charge < -0.3 is 0 Å². The Morgan fingerprint density at radius 3 is 1.30 bits per heavy atom. The molecule has 10 heavy (non-hydrogen) atoms. The second-order valence-corrected chi connectivity index (χ2v) is 5.55. The SMILES string of the molecule is C=C.CS(C)=O.[Cl][Pt][Cl].[Pt+2]. The molecule has 0 aliphatic carbocycles. The fourth-order valence-corrected chi connectivity index (χ4v) is 0. The molecule has 0 N–H and O–H groups in total. The zero-order valence-electron chi connectivity index (χ0n) is 5.62. The third-order valence-electron chi connectivity index (χ3n) is 0. The average Bonchev–Trinajstić information content (AvgIpc) is 1.71. The first-order chi connectivity index (χ1) is 4.15. The number of hydrogen-bond acceptors (Lipinski definition) is 1. The summed E-state index contributed by atoms with van der Waals surface area (Å²) >= 11 is -0.472. The van der Waals surface area contributed by atoms with Crippen LogP contribution in [0.3, 0.4) is 0 Å². The Labute approximate surface area is 96.0 Å². The van der Waals surface area contributed by atoms with Crippen LogP contribution in [0.2, 0.25) is 0 Å². The van der Waals surface area contributed by atoms with Gasteiger partial charge in [-0.2, -0.15) is 0 Å². The molecule has 70 valence electrons. The van der Waals surface area contributed by atoms with Gasteiger partial charge in [-0.25, -0.2) is 0 Å². The van der Waals surface area contributed by atoms with Crippen LogP contribution in [0.25, 0.3) is 0 Å². The summed E-state index contributed by atoms with van der Waals surface area (Å²) in [5, 5.41) is 0. The summed E-state index contributed by atoms with van der Waals surface area (Å²) in [6.45, 7) is 6.00. The van der Waals surface area contributed by atoms with Crippen molar-refractivity contribution in [2.24, 2.45) is 0 Å². The van der Waals surface area contributed by atoms with E-state index in [0.29, 0.717) is 0 Å². The molecule has 0 aromatic carbocycles.